The van der Waals surface area contributed by atoms with Crippen molar-refractivity contribution in [1.82, 2.24) is 4.98 Å². The van der Waals surface area contributed by atoms with E-state index in [1.165, 1.54) is 11.1 Å². The Morgan fingerprint density at radius 3 is 2.58 bits per heavy atom. The lowest BCUT2D eigenvalue weighted by atomic mass is 10.1. The molecule has 0 fully saturated rings. The third-order valence-corrected chi connectivity index (χ3v) is 3.11. The molecule has 0 unspecified atom stereocenters. The van der Waals surface area contributed by atoms with Gasteiger partial charge in [-0.3, -0.25) is 5.41 Å². The molecule has 19 heavy (non-hydrogen) atoms. The first-order chi connectivity index (χ1) is 8.99. The number of nitrogen functional groups attached to an aromatic ring is 1. The molecule has 2 rings (SSSR count). The summed E-state index contributed by atoms with van der Waals surface area (Å²) in [6, 6.07) is 9.85. The van der Waals surface area contributed by atoms with Gasteiger partial charge in [-0.05, 0) is 37.6 Å². The van der Waals surface area contributed by atoms with Crippen LogP contribution in [0.4, 0.5) is 11.5 Å². The second kappa shape index (κ2) is 5.10. The maximum Gasteiger partial charge on any atom is 0.133 e. The first kappa shape index (κ1) is 13.1. The summed E-state index contributed by atoms with van der Waals surface area (Å²) < 4.78 is 0. The van der Waals surface area contributed by atoms with E-state index in [1.54, 1.807) is 12.3 Å². The highest BCUT2D eigenvalue weighted by atomic mass is 15.2. The number of aryl methyl sites for hydroxylation is 2. The minimum Gasteiger partial charge on any atom is -0.384 e. The van der Waals surface area contributed by atoms with Gasteiger partial charge in [-0.1, -0.05) is 17.7 Å². The zero-order valence-corrected chi connectivity index (χ0v) is 11.4. The fraction of sp³-hybridized carbons (Fsp3) is 0.200. The van der Waals surface area contributed by atoms with Crippen molar-refractivity contribution in [2.75, 3.05) is 11.9 Å². The average molecular weight is 254 g/mol. The van der Waals surface area contributed by atoms with E-state index >= 15 is 0 Å². The van der Waals surface area contributed by atoms with Gasteiger partial charge in [-0.25, -0.2) is 4.98 Å². The van der Waals surface area contributed by atoms with Crippen LogP contribution in [0.5, 0.6) is 0 Å². The van der Waals surface area contributed by atoms with Crippen LogP contribution in [0.15, 0.2) is 36.5 Å². The second-order valence-electron chi connectivity index (χ2n) is 4.67. The zero-order valence-electron chi connectivity index (χ0n) is 11.4. The highest BCUT2D eigenvalue weighted by molar-refractivity contribution is 5.95. The number of nitrogens with zero attached hydrogens (tertiary/aromatic N) is 2. The highest BCUT2D eigenvalue weighted by Crippen LogP contribution is 2.26. The molecule has 0 saturated heterocycles. The van der Waals surface area contributed by atoms with E-state index in [-0.39, 0.29) is 5.84 Å². The van der Waals surface area contributed by atoms with Gasteiger partial charge < -0.3 is 10.6 Å². The molecule has 0 aliphatic rings. The molecule has 4 nitrogen and oxygen atoms in total. The van der Waals surface area contributed by atoms with Crippen molar-refractivity contribution in [2.45, 2.75) is 13.8 Å². The number of hydrogen-bond acceptors (Lipinski definition) is 3. The van der Waals surface area contributed by atoms with Crippen LogP contribution in [-0.2, 0) is 0 Å². The molecule has 0 saturated carbocycles. The summed E-state index contributed by atoms with van der Waals surface area (Å²) in [6.07, 6.45) is 1.67. The molecule has 1 aromatic heterocycles. The monoisotopic (exact) mass is 254 g/mol. The van der Waals surface area contributed by atoms with Crippen LogP contribution >= 0.6 is 0 Å². The standard InChI is InChI=1S/C15H18N4/c1-10-4-5-13(11(2)8-10)19(3)14-9-12(15(16)17)6-7-18-14/h4-9H,1-3H3,(H3,16,17). The number of pyridine rings is 1. The van der Waals surface area contributed by atoms with Crippen LogP contribution in [0.25, 0.3) is 0 Å². The van der Waals surface area contributed by atoms with Crippen LogP contribution in [0.1, 0.15) is 16.7 Å². The van der Waals surface area contributed by atoms with Crippen molar-refractivity contribution < 1.29 is 0 Å². The molecule has 0 aliphatic carbocycles. The van der Waals surface area contributed by atoms with Crippen LogP contribution in [-0.4, -0.2) is 17.9 Å². The fourth-order valence-corrected chi connectivity index (χ4v) is 2.07. The summed E-state index contributed by atoms with van der Waals surface area (Å²) in [5, 5.41) is 7.48. The lowest BCUT2D eigenvalue weighted by Gasteiger charge is -2.21. The summed E-state index contributed by atoms with van der Waals surface area (Å²) in [5.41, 5.74) is 9.71. The van der Waals surface area contributed by atoms with Crippen molar-refractivity contribution in [2.24, 2.45) is 5.73 Å². The van der Waals surface area contributed by atoms with Gasteiger partial charge >= 0.3 is 0 Å². The first-order valence-corrected chi connectivity index (χ1v) is 6.10. The number of rotatable bonds is 3. The van der Waals surface area contributed by atoms with Crippen LogP contribution in [0, 0.1) is 19.3 Å². The molecule has 0 bridgehead atoms. The lowest BCUT2D eigenvalue weighted by molar-refractivity contribution is 1.11. The number of amidine groups is 1. The van der Waals surface area contributed by atoms with E-state index in [0.29, 0.717) is 5.56 Å². The number of aromatic nitrogens is 1. The summed E-state index contributed by atoms with van der Waals surface area (Å²) in [6.45, 7) is 4.15. The van der Waals surface area contributed by atoms with E-state index < -0.39 is 0 Å². The second-order valence-corrected chi connectivity index (χ2v) is 4.67. The minimum atomic E-state index is 0.0534. The molecule has 0 amide bonds. The largest absolute Gasteiger partial charge is 0.384 e. The predicted octanol–water partition coefficient (Wildman–Crippen LogP) is 2.75. The van der Waals surface area contributed by atoms with E-state index in [9.17, 15) is 0 Å². The molecule has 0 atom stereocenters. The molecular weight excluding hydrogens is 236 g/mol. The van der Waals surface area contributed by atoms with Crippen molar-refractivity contribution in [3.05, 3.63) is 53.2 Å². The van der Waals surface area contributed by atoms with Crippen molar-refractivity contribution in [3.8, 4) is 0 Å². The summed E-state index contributed by atoms with van der Waals surface area (Å²) in [7, 11) is 1.96. The Labute approximate surface area is 113 Å². The number of nitrogens with one attached hydrogen (secondary N) is 1. The van der Waals surface area contributed by atoms with Crippen molar-refractivity contribution in [1.29, 1.82) is 5.41 Å². The molecule has 1 heterocycles. The summed E-state index contributed by atoms with van der Waals surface area (Å²) in [5.74, 6) is 0.831. The molecule has 4 heteroatoms. The Morgan fingerprint density at radius 2 is 1.95 bits per heavy atom. The third kappa shape index (κ3) is 2.73. The number of hydrogen-bond donors (Lipinski definition) is 2. The summed E-state index contributed by atoms with van der Waals surface area (Å²) >= 11 is 0. The van der Waals surface area contributed by atoms with E-state index in [4.69, 9.17) is 11.1 Å². The Balaban J connectivity index is 2.41. The molecule has 98 valence electrons. The van der Waals surface area contributed by atoms with Gasteiger partial charge in [-0.15, -0.1) is 0 Å². The van der Waals surface area contributed by atoms with Crippen LogP contribution in [0.3, 0.4) is 0 Å². The van der Waals surface area contributed by atoms with Gasteiger partial charge in [0.1, 0.15) is 11.7 Å². The smallest absolute Gasteiger partial charge is 0.133 e. The zero-order chi connectivity index (χ0) is 14.0. The van der Waals surface area contributed by atoms with Crippen LogP contribution < -0.4 is 10.6 Å². The van der Waals surface area contributed by atoms with Gasteiger partial charge in [0.25, 0.3) is 0 Å². The normalized spacial score (nSPS) is 10.3. The number of benzene rings is 1. The predicted molar refractivity (Wildman–Crippen MR) is 79.2 cm³/mol. The van der Waals surface area contributed by atoms with E-state index in [2.05, 4.69) is 37.0 Å². The van der Waals surface area contributed by atoms with E-state index in [1.807, 2.05) is 18.0 Å². The van der Waals surface area contributed by atoms with Gasteiger partial charge in [0.15, 0.2) is 0 Å². The van der Waals surface area contributed by atoms with Gasteiger partial charge in [0.2, 0.25) is 0 Å². The number of nitrogens with two attached hydrogens (primary N) is 1. The maximum atomic E-state index is 7.48. The third-order valence-electron chi connectivity index (χ3n) is 3.11. The van der Waals surface area contributed by atoms with Crippen LogP contribution in [0.2, 0.25) is 0 Å². The molecule has 0 aliphatic heterocycles. The Kier molecular flexibility index (Phi) is 3.51. The molecule has 0 spiro atoms. The Morgan fingerprint density at radius 1 is 1.21 bits per heavy atom. The fourth-order valence-electron chi connectivity index (χ4n) is 2.07. The van der Waals surface area contributed by atoms with Crippen molar-refractivity contribution in [3.63, 3.8) is 0 Å². The molecule has 3 N–H and O–H groups in total. The van der Waals surface area contributed by atoms with Gasteiger partial charge in [-0.2, -0.15) is 0 Å². The molecular formula is C15H18N4. The Hall–Kier alpha value is -2.36. The lowest BCUT2D eigenvalue weighted by Crippen LogP contribution is -2.15. The van der Waals surface area contributed by atoms with Crippen molar-refractivity contribution >= 4 is 17.3 Å². The summed E-state index contributed by atoms with van der Waals surface area (Å²) in [4.78, 5) is 6.34. The molecule has 0 radical (unpaired) electrons. The molecule has 1 aromatic carbocycles. The number of anilines is 2. The van der Waals surface area contributed by atoms with E-state index in [0.717, 1.165) is 11.5 Å². The average Bonchev–Trinajstić information content (AvgIpc) is 2.38. The SMILES string of the molecule is Cc1ccc(N(C)c2cc(C(=N)N)ccn2)c(C)c1. The van der Waals surface area contributed by atoms with Gasteiger partial charge in [0, 0.05) is 24.5 Å². The topological polar surface area (TPSA) is 66.0 Å². The quantitative estimate of drug-likeness (QED) is 0.654. The molecule has 2 aromatic rings. The Bertz CT molecular complexity index is 619. The first-order valence-electron chi connectivity index (χ1n) is 6.10. The maximum absolute atomic E-state index is 7.48. The minimum absolute atomic E-state index is 0.0534. The van der Waals surface area contributed by atoms with Gasteiger partial charge in [0.05, 0.1) is 0 Å². The highest BCUT2D eigenvalue weighted by Gasteiger charge is 2.09.